The van der Waals surface area contributed by atoms with Crippen molar-refractivity contribution in [3.63, 3.8) is 0 Å². The topological polar surface area (TPSA) is 82.0 Å². The molecule has 5 nitrogen and oxygen atoms in total. The number of hydrogen-bond donors (Lipinski definition) is 2. The summed E-state index contributed by atoms with van der Waals surface area (Å²) >= 11 is 0. The first-order valence-corrected chi connectivity index (χ1v) is 4.66. The number of benzene rings is 1. The van der Waals surface area contributed by atoms with Gasteiger partial charge < -0.3 is 10.6 Å². The molecule has 1 aromatic carbocycles. The molecule has 0 unspecified atom stereocenters. The molecular formula is C11H11N3O2. The van der Waals surface area contributed by atoms with Crippen LogP contribution in [-0.4, -0.2) is 18.4 Å². The van der Waals surface area contributed by atoms with E-state index < -0.39 is 11.8 Å². The van der Waals surface area contributed by atoms with Crippen molar-refractivity contribution in [1.29, 1.82) is 5.26 Å². The second-order valence-corrected chi connectivity index (χ2v) is 3.16. The zero-order valence-corrected chi connectivity index (χ0v) is 8.78. The zero-order valence-electron chi connectivity index (χ0n) is 8.78. The van der Waals surface area contributed by atoms with E-state index in [1.54, 1.807) is 18.2 Å². The molecule has 1 aromatic rings. The van der Waals surface area contributed by atoms with E-state index in [2.05, 4.69) is 10.6 Å². The number of nitriles is 1. The molecule has 1 rings (SSSR count). The average molecular weight is 217 g/mol. The summed E-state index contributed by atoms with van der Waals surface area (Å²) in [5.74, 6) is -1.60. The summed E-state index contributed by atoms with van der Waals surface area (Å²) in [7, 11) is 0. The van der Waals surface area contributed by atoms with Gasteiger partial charge in [0.1, 0.15) is 6.54 Å². The van der Waals surface area contributed by atoms with E-state index in [4.69, 9.17) is 5.26 Å². The lowest BCUT2D eigenvalue weighted by atomic mass is 10.2. The first kappa shape index (κ1) is 11.7. The van der Waals surface area contributed by atoms with Crippen molar-refractivity contribution in [2.75, 3.05) is 11.9 Å². The van der Waals surface area contributed by atoms with Gasteiger partial charge in [-0.15, -0.1) is 0 Å². The smallest absolute Gasteiger partial charge is 0.313 e. The minimum atomic E-state index is -0.817. The molecular weight excluding hydrogens is 206 g/mol. The van der Waals surface area contributed by atoms with E-state index in [0.717, 1.165) is 5.56 Å². The molecule has 0 fully saturated rings. The Morgan fingerprint density at radius 2 is 1.88 bits per heavy atom. The number of hydrogen-bond acceptors (Lipinski definition) is 3. The molecule has 0 saturated carbocycles. The molecule has 16 heavy (non-hydrogen) atoms. The van der Waals surface area contributed by atoms with E-state index >= 15 is 0 Å². The maximum absolute atomic E-state index is 11.3. The number of anilines is 1. The fourth-order valence-electron chi connectivity index (χ4n) is 1.02. The number of aryl methyl sites for hydroxylation is 1. The fourth-order valence-corrected chi connectivity index (χ4v) is 1.02. The zero-order chi connectivity index (χ0) is 12.0. The lowest BCUT2D eigenvalue weighted by Crippen LogP contribution is -2.35. The molecule has 0 aromatic heterocycles. The molecule has 0 radical (unpaired) electrons. The van der Waals surface area contributed by atoms with Crippen molar-refractivity contribution in [3.8, 4) is 6.07 Å². The van der Waals surface area contributed by atoms with Gasteiger partial charge in [0.05, 0.1) is 6.07 Å². The van der Waals surface area contributed by atoms with Crippen LogP contribution in [0.15, 0.2) is 24.3 Å². The molecule has 0 aliphatic carbocycles. The highest BCUT2D eigenvalue weighted by atomic mass is 16.2. The number of nitrogens with one attached hydrogen (secondary N) is 2. The van der Waals surface area contributed by atoms with Crippen molar-refractivity contribution >= 4 is 17.5 Å². The lowest BCUT2D eigenvalue weighted by Gasteiger charge is -2.04. The summed E-state index contributed by atoms with van der Waals surface area (Å²) < 4.78 is 0. The first-order valence-electron chi connectivity index (χ1n) is 4.66. The third-order valence-electron chi connectivity index (χ3n) is 1.84. The van der Waals surface area contributed by atoms with Crippen molar-refractivity contribution in [3.05, 3.63) is 29.8 Å². The van der Waals surface area contributed by atoms with E-state index in [-0.39, 0.29) is 6.54 Å². The van der Waals surface area contributed by atoms with Crippen LogP contribution in [0.1, 0.15) is 5.56 Å². The van der Waals surface area contributed by atoms with Gasteiger partial charge in [-0.05, 0) is 19.1 Å². The number of nitrogens with zero attached hydrogens (tertiary/aromatic N) is 1. The van der Waals surface area contributed by atoms with E-state index in [1.807, 2.05) is 19.1 Å². The molecule has 0 aliphatic heterocycles. The van der Waals surface area contributed by atoms with Gasteiger partial charge in [-0.25, -0.2) is 0 Å². The molecule has 5 heteroatoms. The Morgan fingerprint density at radius 3 is 2.44 bits per heavy atom. The van der Waals surface area contributed by atoms with Gasteiger partial charge in [0.2, 0.25) is 0 Å². The highest BCUT2D eigenvalue weighted by Crippen LogP contribution is 2.07. The summed E-state index contributed by atoms with van der Waals surface area (Å²) in [4.78, 5) is 22.4. The SMILES string of the molecule is Cc1ccc(NC(=O)C(=O)NCC#N)cc1. The Hall–Kier alpha value is -2.35. The fraction of sp³-hybridized carbons (Fsp3) is 0.182. The number of carbonyl (C=O) groups excluding carboxylic acids is 2. The second kappa shape index (κ2) is 5.51. The van der Waals surface area contributed by atoms with Crippen LogP contribution in [0.25, 0.3) is 0 Å². The minimum Gasteiger partial charge on any atom is -0.335 e. The van der Waals surface area contributed by atoms with Gasteiger partial charge in [-0.2, -0.15) is 5.26 Å². The summed E-state index contributed by atoms with van der Waals surface area (Å²) in [6.07, 6.45) is 0. The number of amides is 2. The van der Waals surface area contributed by atoms with E-state index in [1.165, 1.54) is 0 Å². The largest absolute Gasteiger partial charge is 0.335 e. The number of carbonyl (C=O) groups is 2. The van der Waals surface area contributed by atoms with Crippen molar-refractivity contribution in [2.24, 2.45) is 0 Å². The Kier molecular flexibility index (Phi) is 4.04. The average Bonchev–Trinajstić information content (AvgIpc) is 2.29. The summed E-state index contributed by atoms with van der Waals surface area (Å²) in [5, 5.41) is 12.8. The van der Waals surface area contributed by atoms with Crippen molar-refractivity contribution < 1.29 is 9.59 Å². The molecule has 2 amide bonds. The third kappa shape index (κ3) is 3.42. The molecule has 0 spiro atoms. The molecule has 0 heterocycles. The molecule has 0 bridgehead atoms. The van der Waals surface area contributed by atoms with Crippen LogP contribution >= 0.6 is 0 Å². The van der Waals surface area contributed by atoms with E-state index in [0.29, 0.717) is 5.69 Å². The van der Waals surface area contributed by atoms with Gasteiger partial charge in [-0.1, -0.05) is 17.7 Å². The van der Waals surface area contributed by atoms with Crippen molar-refractivity contribution in [2.45, 2.75) is 6.92 Å². The molecule has 2 N–H and O–H groups in total. The summed E-state index contributed by atoms with van der Waals surface area (Å²) in [6.45, 7) is 1.74. The maximum atomic E-state index is 11.3. The van der Waals surface area contributed by atoms with Crippen molar-refractivity contribution in [1.82, 2.24) is 5.32 Å². The highest BCUT2D eigenvalue weighted by Gasteiger charge is 2.12. The van der Waals surface area contributed by atoms with Crippen LogP contribution in [-0.2, 0) is 9.59 Å². The predicted molar refractivity (Wildman–Crippen MR) is 58.4 cm³/mol. The standard InChI is InChI=1S/C11H11N3O2/c1-8-2-4-9(5-3-8)14-11(16)10(15)13-7-6-12/h2-5H,7H2,1H3,(H,13,15)(H,14,16). The van der Waals surface area contributed by atoms with Crippen LogP contribution in [0.2, 0.25) is 0 Å². The quantitative estimate of drug-likeness (QED) is 0.561. The second-order valence-electron chi connectivity index (χ2n) is 3.16. The molecule has 0 atom stereocenters. The van der Waals surface area contributed by atoms with E-state index in [9.17, 15) is 9.59 Å². The summed E-state index contributed by atoms with van der Waals surface area (Å²) in [5.41, 5.74) is 1.61. The Balaban J connectivity index is 2.55. The van der Waals surface area contributed by atoms with Crippen LogP contribution in [0, 0.1) is 18.3 Å². The lowest BCUT2D eigenvalue weighted by molar-refractivity contribution is -0.136. The van der Waals surface area contributed by atoms with Gasteiger partial charge in [0, 0.05) is 5.69 Å². The number of rotatable bonds is 2. The third-order valence-corrected chi connectivity index (χ3v) is 1.84. The van der Waals surface area contributed by atoms with Crippen LogP contribution in [0.3, 0.4) is 0 Å². The highest BCUT2D eigenvalue weighted by molar-refractivity contribution is 6.39. The van der Waals surface area contributed by atoms with Gasteiger partial charge in [0.15, 0.2) is 0 Å². The maximum Gasteiger partial charge on any atom is 0.313 e. The Labute approximate surface area is 93.1 Å². The van der Waals surface area contributed by atoms with Gasteiger partial charge in [-0.3, -0.25) is 9.59 Å². The molecule has 82 valence electrons. The molecule has 0 aliphatic rings. The minimum absolute atomic E-state index is 0.180. The predicted octanol–water partition coefficient (Wildman–Crippen LogP) is 0.573. The normalized spacial score (nSPS) is 9.00. The van der Waals surface area contributed by atoms with Crippen LogP contribution in [0.5, 0.6) is 0 Å². The Morgan fingerprint density at radius 1 is 1.25 bits per heavy atom. The molecule has 0 saturated heterocycles. The van der Waals surface area contributed by atoms with Crippen LogP contribution < -0.4 is 10.6 Å². The monoisotopic (exact) mass is 217 g/mol. The van der Waals surface area contributed by atoms with Gasteiger partial charge >= 0.3 is 11.8 Å². The summed E-state index contributed by atoms with van der Waals surface area (Å²) in [6, 6.07) is 8.76. The van der Waals surface area contributed by atoms with Crippen LogP contribution in [0.4, 0.5) is 5.69 Å². The first-order chi connectivity index (χ1) is 7.63. The van der Waals surface area contributed by atoms with Gasteiger partial charge in [0.25, 0.3) is 0 Å². The Bertz CT molecular complexity index is 432.